The molecule has 0 aromatic carbocycles. The van der Waals surface area contributed by atoms with E-state index in [2.05, 4.69) is 9.97 Å². The van der Waals surface area contributed by atoms with Crippen LogP contribution in [0.25, 0.3) is 0 Å². The number of thioether (sulfide) groups is 1. The van der Waals surface area contributed by atoms with E-state index in [1.54, 1.807) is 0 Å². The average Bonchev–Trinajstić information content (AvgIpc) is 2.81. The van der Waals surface area contributed by atoms with Gasteiger partial charge in [-0.3, -0.25) is 0 Å². The van der Waals surface area contributed by atoms with Crippen molar-refractivity contribution in [1.29, 1.82) is 0 Å². The van der Waals surface area contributed by atoms with Gasteiger partial charge in [-0.2, -0.15) is 0 Å². The number of ether oxygens (including phenoxy) is 1. The van der Waals surface area contributed by atoms with Crippen LogP contribution in [0.5, 0.6) is 0 Å². The molecule has 6 heteroatoms. The van der Waals surface area contributed by atoms with Crippen molar-refractivity contribution in [3.05, 3.63) is 17.5 Å². The second-order valence-electron chi connectivity index (χ2n) is 3.46. The second kappa shape index (κ2) is 4.80. The predicted octanol–water partition coefficient (Wildman–Crippen LogP) is 1.75. The highest BCUT2D eigenvalue weighted by molar-refractivity contribution is 7.98. The lowest BCUT2D eigenvalue weighted by Gasteiger charge is -2.11. The highest BCUT2D eigenvalue weighted by Gasteiger charge is 2.25. The number of aromatic carboxylic acids is 1. The zero-order chi connectivity index (χ0) is 11.5. The summed E-state index contributed by atoms with van der Waals surface area (Å²) >= 11 is 1.39. The Bertz CT molecular complexity index is 405. The zero-order valence-corrected chi connectivity index (χ0v) is 9.66. The van der Waals surface area contributed by atoms with Crippen molar-refractivity contribution in [2.75, 3.05) is 12.9 Å². The monoisotopic (exact) mass is 240 g/mol. The number of hydrogen-bond donors (Lipinski definition) is 1. The number of hydrogen-bond acceptors (Lipinski definition) is 5. The Morgan fingerprint density at radius 2 is 2.50 bits per heavy atom. The van der Waals surface area contributed by atoms with Gasteiger partial charge in [0.25, 0.3) is 0 Å². The molecule has 0 radical (unpaired) electrons. The van der Waals surface area contributed by atoms with Crippen LogP contribution in [0, 0.1) is 0 Å². The number of carbonyl (C=O) groups is 1. The van der Waals surface area contributed by atoms with Crippen LogP contribution < -0.4 is 0 Å². The first kappa shape index (κ1) is 11.3. The molecule has 5 nitrogen and oxygen atoms in total. The molecule has 0 amide bonds. The minimum absolute atomic E-state index is 0.143. The van der Waals surface area contributed by atoms with Crippen LogP contribution in [-0.4, -0.2) is 33.9 Å². The fraction of sp³-hybridized carbons (Fsp3) is 0.500. The third-order valence-corrected chi connectivity index (χ3v) is 3.01. The Balaban J connectivity index is 2.40. The van der Waals surface area contributed by atoms with E-state index in [1.807, 2.05) is 6.26 Å². The van der Waals surface area contributed by atoms with Gasteiger partial charge in [0.2, 0.25) is 0 Å². The largest absolute Gasteiger partial charge is 0.478 e. The van der Waals surface area contributed by atoms with E-state index in [9.17, 15) is 4.79 Å². The van der Waals surface area contributed by atoms with E-state index in [1.165, 1.54) is 18.0 Å². The third kappa shape index (κ3) is 2.17. The minimum Gasteiger partial charge on any atom is -0.478 e. The van der Waals surface area contributed by atoms with Crippen LogP contribution in [-0.2, 0) is 4.74 Å². The maximum absolute atomic E-state index is 11.0. The lowest BCUT2D eigenvalue weighted by molar-refractivity contribution is 0.0677. The van der Waals surface area contributed by atoms with Gasteiger partial charge in [0.15, 0.2) is 5.16 Å². The lowest BCUT2D eigenvalue weighted by Crippen LogP contribution is -2.11. The van der Waals surface area contributed by atoms with Gasteiger partial charge < -0.3 is 9.84 Å². The van der Waals surface area contributed by atoms with Crippen molar-refractivity contribution in [2.45, 2.75) is 24.1 Å². The highest BCUT2D eigenvalue weighted by Crippen LogP contribution is 2.30. The molecule has 86 valence electrons. The SMILES string of the molecule is CSc1ncc(C(=O)O)c(C2CCCO2)n1. The molecule has 2 rings (SSSR count). The molecule has 0 spiro atoms. The van der Waals surface area contributed by atoms with Gasteiger partial charge in [-0.25, -0.2) is 14.8 Å². The van der Waals surface area contributed by atoms with Crippen LogP contribution in [0.2, 0.25) is 0 Å². The molecule has 0 saturated carbocycles. The third-order valence-electron chi connectivity index (χ3n) is 2.44. The number of carboxylic acids is 1. The molecule has 1 aromatic rings. The zero-order valence-electron chi connectivity index (χ0n) is 8.84. The van der Waals surface area contributed by atoms with E-state index in [-0.39, 0.29) is 11.7 Å². The number of aromatic nitrogens is 2. The van der Waals surface area contributed by atoms with Crippen molar-refractivity contribution in [2.24, 2.45) is 0 Å². The summed E-state index contributed by atoms with van der Waals surface area (Å²) in [6.07, 6.45) is 4.79. The van der Waals surface area contributed by atoms with Crippen LogP contribution in [0.3, 0.4) is 0 Å². The highest BCUT2D eigenvalue weighted by atomic mass is 32.2. The van der Waals surface area contributed by atoms with Gasteiger partial charge in [0, 0.05) is 12.8 Å². The Morgan fingerprint density at radius 1 is 1.69 bits per heavy atom. The number of nitrogens with zero attached hydrogens (tertiary/aromatic N) is 2. The number of carboxylic acid groups (broad SMARTS) is 1. The first-order chi connectivity index (χ1) is 7.72. The molecule has 1 atom stereocenters. The molecule has 0 aliphatic carbocycles. The molecule has 16 heavy (non-hydrogen) atoms. The molecule has 1 aliphatic heterocycles. The van der Waals surface area contributed by atoms with Crippen molar-refractivity contribution >= 4 is 17.7 Å². The normalized spacial score (nSPS) is 19.9. The molecule has 0 bridgehead atoms. The summed E-state index contributed by atoms with van der Waals surface area (Å²) in [4.78, 5) is 19.2. The summed E-state index contributed by atoms with van der Waals surface area (Å²) in [7, 11) is 0. The second-order valence-corrected chi connectivity index (χ2v) is 4.24. The molecular formula is C10H12N2O3S. The first-order valence-corrected chi connectivity index (χ1v) is 6.20. The first-order valence-electron chi connectivity index (χ1n) is 4.98. The van der Waals surface area contributed by atoms with E-state index in [4.69, 9.17) is 9.84 Å². The van der Waals surface area contributed by atoms with E-state index in [0.29, 0.717) is 17.5 Å². The van der Waals surface area contributed by atoms with E-state index >= 15 is 0 Å². The topological polar surface area (TPSA) is 72.3 Å². The van der Waals surface area contributed by atoms with Crippen LogP contribution >= 0.6 is 11.8 Å². The minimum atomic E-state index is -1.00. The van der Waals surface area contributed by atoms with Crippen molar-refractivity contribution in [3.8, 4) is 0 Å². The van der Waals surface area contributed by atoms with Crippen molar-refractivity contribution < 1.29 is 14.6 Å². The molecule has 1 aromatic heterocycles. The quantitative estimate of drug-likeness (QED) is 0.641. The molecule has 1 aliphatic rings. The summed E-state index contributed by atoms with van der Waals surface area (Å²) in [6.45, 7) is 0.669. The smallest absolute Gasteiger partial charge is 0.339 e. The molecule has 2 heterocycles. The fourth-order valence-electron chi connectivity index (χ4n) is 1.68. The van der Waals surface area contributed by atoms with Gasteiger partial charge in [0.1, 0.15) is 11.7 Å². The Kier molecular flexibility index (Phi) is 3.40. The van der Waals surface area contributed by atoms with Crippen LogP contribution in [0.15, 0.2) is 11.4 Å². The lowest BCUT2D eigenvalue weighted by atomic mass is 10.1. The van der Waals surface area contributed by atoms with Crippen molar-refractivity contribution in [3.63, 3.8) is 0 Å². The molecule has 1 fully saturated rings. The van der Waals surface area contributed by atoms with Crippen LogP contribution in [0.4, 0.5) is 0 Å². The maximum Gasteiger partial charge on any atom is 0.339 e. The summed E-state index contributed by atoms with van der Waals surface area (Å²) in [5.74, 6) is -1.00. The number of rotatable bonds is 3. The van der Waals surface area contributed by atoms with E-state index in [0.717, 1.165) is 12.8 Å². The fourth-order valence-corrected chi connectivity index (χ4v) is 2.03. The summed E-state index contributed by atoms with van der Waals surface area (Å²) < 4.78 is 5.47. The Morgan fingerprint density at radius 3 is 3.06 bits per heavy atom. The summed E-state index contributed by atoms with van der Waals surface area (Å²) in [6, 6.07) is 0. The average molecular weight is 240 g/mol. The van der Waals surface area contributed by atoms with Gasteiger partial charge in [-0.1, -0.05) is 11.8 Å². The molecule has 1 N–H and O–H groups in total. The van der Waals surface area contributed by atoms with Gasteiger partial charge in [-0.05, 0) is 19.1 Å². The van der Waals surface area contributed by atoms with Gasteiger partial charge in [-0.15, -0.1) is 0 Å². The van der Waals surface area contributed by atoms with Crippen LogP contribution in [0.1, 0.15) is 35.0 Å². The molecule has 1 unspecified atom stereocenters. The van der Waals surface area contributed by atoms with E-state index < -0.39 is 5.97 Å². The van der Waals surface area contributed by atoms with Gasteiger partial charge >= 0.3 is 5.97 Å². The van der Waals surface area contributed by atoms with Gasteiger partial charge in [0.05, 0.1) is 5.69 Å². The Labute approximate surface area is 97.2 Å². The standard InChI is InChI=1S/C10H12N2O3S/c1-16-10-11-5-6(9(13)14)8(12-10)7-3-2-4-15-7/h5,7H,2-4H2,1H3,(H,13,14). The maximum atomic E-state index is 11.0. The molecule has 1 saturated heterocycles. The predicted molar refractivity (Wildman–Crippen MR) is 58.7 cm³/mol. The van der Waals surface area contributed by atoms with Crippen molar-refractivity contribution in [1.82, 2.24) is 9.97 Å². The molecular weight excluding hydrogens is 228 g/mol. The Hall–Kier alpha value is -1.14. The summed E-state index contributed by atoms with van der Waals surface area (Å²) in [5.41, 5.74) is 0.647. The summed E-state index contributed by atoms with van der Waals surface area (Å²) in [5, 5.41) is 9.63.